The molecule has 4 nitrogen and oxygen atoms in total. The maximum Gasteiger partial charge on any atom is 0.311 e. The monoisotopic (exact) mass is 228 g/mol. The molecule has 0 unspecified atom stereocenters. The number of benzene rings is 1. The summed E-state index contributed by atoms with van der Waals surface area (Å²) >= 11 is 0. The molecule has 0 saturated carbocycles. The van der Waals surface area contributed by atoms with Crippen LogP contribution in [0.4, 0.5) is 8.78 Å². The number of carboxylic acid groups (broad SMARTS) is 1. The quantitative estimate of drug-likeness (QED) is 0.477. The van der Waals surface area contributed by atoms with Crippen LogP contribution in [-0.4, -0.2) is 22.6 Å². The molecule has 0 aliphatic carbocycles. The lowest BCUT2D eigenvalue weighted by Gasteiger charge is -2.00. The molecule has 0 spiro atoms. The highest BCUT2D eigenvalue weighted by Crippen LogP contribution is 2.11. The van der Waals surface area contributed by atoms with E-state index in [1.54, 1.807) is 0 Å². The van der Waals surface area contributed by atoms with Gasteiger partial charge in [-0.05, 0) is 12.1 Å². The summed E-state index contributed by atoms with van der Waals surface area (Å²) in [6.07, 6.45) is -1.02. The third-order valence-corrected chi connectivity index (χ3v) is 1.74. The smallest absolute Gasteiger partial charge is 0.311 e. The Morgan fingerprint density at radius 2 is 1.81 bits per heavy atom. The van der Waals surface area contributed by atoms with Crippen LogP contribution in [0.1, 0.15) is 16.8 Å². The minimum Gasteiger partial charge on any atom is -0.481 e. The average Bonchev–Trinajstić information content (AvgIpc) is 2.15. The molecule has 1 aromatic carbocycles. The number of carboxylic acids is 1. The molecule has 6 heteroatoms. The fourth-order valence-corrected chi connectivity index (χ4v) is 1.04. The number of hydrogen-bond donors (Lipinski definition) is 1. The van der Waals surface area contributed by atoms with Crippen molar-refractivity contribution < 1.29 is 28.3 Å². The number of Topliss-reactive ketones (excluding diaryl/α,β-unsaturated/α-hetero) is 2. The lowest BCUT2D eigenvalue weighted by Crippen LogP contribution is -2.19. The van der Waals surface area contributed by atoms with E-state index < -0.39 is 41.2 Å². The molecule has 1 N–H and O–H groups in total. The number of hydrogen-bond acceptors (Lipinski definition) is 3. The summed E-state index contributed by atoms with van der Waals surface area (Å²) in [5.41, 5.74) is -0.632. The fraction of sp³-hybridized carbons (Fsp3) is 0.100. The Morgan fingerprint density at radius 3 is 2.31 bits per heavy atom. The largest absolute Gasteiger partial charge is 0.481 e. The highest BCUT2D eigenvalue weighted by atomic mass is 19.1. The first kappa shape index (κ1) is 12.0. The molecule has 0 atom stereocenters. The Kier molecular flexibility index (Phi) is 3.44. The van der Waals surface area contributed by atoms with Crippen LogP contribution in [0.25, 0.3) is 0 Å². The molecule has 0 aromatic heterocycles. The Bertz CT molecular complexity index is 468. The molecule has 0 fully saturated rings. The van der Waals surface area contributed by atoms with Crippen LogP contribution in [0, 0.1) is 11.6 Å². The third-order valence-electron chi connectivity index (χ3n) is 1.74. The van der Waals surface area contributed by atoms with E-state index in [4.69, 9.17) is 5.11 Å². The van der Waals surface area contributed by atoms with E-state index in [0.717, 1.165) is 12.1 Å². The number of halogens is 2. The van der Waals surface area contributed by atoms with E-state index in [-0.39, 0.29) is 0 Å². The van der Waals surface area contributed by atoms with Crippen LogP contribution < -0.4 is 0 Å². The van der Waals surface area contributed by atoms with Gasteiger partial charge in [0.25, 0.3) is 0 Å². The zero-order valence-electron chi connectivity index (χ0n) is 7.87. The number of carbonyl (C=O) groups excluding carboxylic acids is 2. The molecule has 16 heavy (non-hydrogen) atoms. The number of rotatable bonds is 4. The number of ketones is 2. The van der Waals surface area contributed by atoms with Crippen molar-refractivity contribution in [2.45, 2.75) is 6.42 Å². The normalized spacial score (nSPS) is 9.88. The van der Waals surface area contributed by atoms with Gasteiger partial charge in [0.05, 0.1) is 5.56 Å². The number of carbonyl (C=O) groups is 3. The first-order chi connectivity index (χ1) is 7.41. The fourth-order valence-electron chi connectivity index (χ4n) is 1.04. The summed E-state index contributed by atoms with van der Waals surface area (Å²) in [6, 6.07) is 2.05. The lowest BCUT2D eigenvalue weighted by atomic mass is 10.0. The summed E-state index contributed by atoms with van der Waals surface area (Å²) in [7, 11) is 0. The van der Waals surface area contributed by atoms with Gasteiger partial charge in [-0.2, -0.15) is 0 Å². The van der Waals surface area contributed by atoms with Crippen LogP contribution in [0.2, 0.25) is 0 Å². The Balaban J connectivity index is 2.97. The maximum absolute atomic E-state index is 13.0. The molecule has 1 aromatic rings. The molecule has 0 radical (unpaired) electrons. The molecular weight excluding hydrogens is 222 g/mol. The lowest BCUT2D eigenvalue weighted by molar-refractivity contribution is -0.139. The molecule has 0 bridgehead atoms. The van der Waals surface area contributed by atoms with E-state index in [1.165, 1.54) is 0 Å². The SMILES string of the molecule is O=C(O)CC(=O)C(=O)c1ccc(F)cc1F. The van der Waals surface area contributed by atoms with Crippen LogP contribution in [0.5, 0.6) is 0 Å². The summed E-state index contributed by atoms with van der Waals surface area (Å²) in [6.45, 7) is 0. The second-order valence-corrected chi connectivity index (χ2v) is 2.95. The van der Waals surface area contributed by atoms with Gasteiger partial charge in [0.1, 0.15) is 18.1 Å². The van der Waals surface area contributed by atoms with Crippen LogP contribution in [0.15, 0.2) is 18.2 Å². The molecule has 84 valence electrons. The standard InChI is InChI=1S/C10H6F2O4/c11-5-1-2-6(7(12)3-5)10(16)8(13)4-9(14)15/h1-3H,4H2,(H,14,15). The van der Waals surface area contributed by atoms with Crippen LogP contribution in [-0.2, 0) is 9.59 Å². The van der Waals surface area contributed by atoms with Crippen molar-refractivity contribution in [2.75, 3.05) is 0 Å². The van der Waals surface area contributed by atoms with E-state index in [1.807, 2.05) is 0 Å². The van der Waals surface area contributed by atoms with E-state index in [9.17, 15) is 23.2 Å². The van der Waals surface area contributed by atoms with Gasteiger partial charge in [0, 0.05) is 6.07 Å². The van der Waals surface area contributed by atoms with E-state index in [0.29, 0.717) is 6.07 Å². The van der Waals surface area contributed by atoms with Crippen molar-refractivity contribution in [3.05, 3.63) is 35.4 Å². The Morgan fingerprint density at radius 1 is 1.19 bits per heavy atom. The van der Waals surface area contributed by atoms with Crippen molar-refractivity contribution in [1.29, 1.82) is 0 Å². The van der Waals surface area contributed by atoms with Gasteiger partial charge in [-0.1, -0.05) is 0 Å². The molecule has 0 heterocycles. The summed E-state index contributed by atoms with van der Waals surface area (Å²) in [5, 5.41) is 8.27. The highest BCUT2D eigenvalue weighted by Gasteiger charge is 2.22. The van der Waals surface area contributed by atoms with Gasteiger partial charge in [-0.15, -0.1) is 0 Å². The predicted octanol–water partition coefficient (Wildman–Crippen LogP) is 1.19. The summed E-state index contributed by atoms with van der Waals surface area (Å²) < 4.78 is 25.5. The first-order valence-electron chi connectivity index (χ1n) is 4.16. The van der Waals surface area contributed by atoms with Gasteiger partial charge in [-0.25, -0.2) is 8.78 Å². The van der Waals surface area contributed by atoms with Crippen LogP contribution in [0.3, 0.4) is 0 Å². The summed E-state index contributed by atoms with van der Waals surface area (Å²) in [5.74, 6) is -6.10. The van der Waals surface area contributed by atoms with Gasteiger partial charge in [0.2, 0.25) is 11.6 Å². The minimum absolute atomic E-state index is 0.446. The number of aliphatic carboxylic acids is 1. The minimum atomic E-state index is -1.49. The average molecular weight is 228 g/mol. The second-order valence-electron chi connectivity index (χ2n) is 2.95. The van der Waals surface area contributed by atoms with Crippen molar-refractivity contribution >= 4 is 17.5 Å². The maximum atomic E-state index is 13.0. The molecule has 0 saturated heterocycles. The van der Waals surface area contributed by atoms with Crippen LogP contribution >= 0.6 is 0 Å². The van der Waals surface area contributed by atoms with Crippen molar-refractivity contribution in [2.24, 2.45) is 0 Å². The van der Waals surface area contributed by atoms with Gasteiger partial charge < -0.3 is 5.11 Å². The molecule has 0 aliphatic rings. The van der Waals surface area contributed by atoms with Gasteiger partial charge >= 0.3 is 5.97 Å². The zero-order chi connectivity index (χ0) is 12.3. The van der Waals surface area contributed by atoms with Gasteiger partial charge in [-0.3, -0.25) is 14.4 Å². The molecule has 1 rings (SSSR count). The highest BCUT2D eigenvalue weighted by molar-refractivity contribution is 6.45. The third kappa shape index (κ3) is 2.69. The van der Waals surface area contributed by atoms with E-state index in [2.05, 4.69) is 0 Å². The van der Waals surface area contributed by atoms with Crippen molar-refractivity contribution in [3.63, 3.8) is 0 Å². The Hall–Kier alpha value is -2.11. The summed E-state index contributed by atoms with van der Waals surface area (Å²) in [4.78, 5) is 32.4. The molecule has 0 amide bonds. The Labute approximate surface area is 88.5 Å². The van der Waals surface area contributed by atoms with Gasteiger partial charge in [0.15, 0.2) is 0 Å². The molecular formula is C10H6F2O4. The topological polar surface area (TPSA) is 71.4 Å². The van der Waals surface area contributed by atoms with Crippen molar-refractivity contribution in [3.8, 4) is 0 Å². The first-order valence-corrected chi connectivity index (χ1v) is 4.16. The van der Waals surface area contributed by atoms with E-state index >= 15 is 0 Å². The molecule has 0 aliphatic heterocycles. The van der Waals surface area contributed by atoms with Crippen molar-refractivity contribution in [1.82, 2.24) is 0 Å². The second kappa shape index (κ2) is 4.61. The predicted molar refractivity (Wildman–Crippen MR) is 47.9 cm³/mol. The zero-order valence-corrected chi connectivity index (χ0v) is 7.87.